The van der Waals surface area contributed by atoms with Gasteiger partial charge in [0.15, 0.2) is 0 Å². The highest BCUT2D eigenvalue weighted by Crippen LogP contribution is 2.16. The molecular weight excluding hydrogens is 555 g/mol. The second kappa shape index (κ2) is 15.2. The molecule has 44 heavy (non-hydrogen) atoms. The van der Waals surface area contributed by atoms with Crippen LogP contribution in [0.3, 0.4) is 0 Å². The summed E-state index contributed by atoms with van der Waals surface area (Å²) in [6.07, 6.45) is 3.20. The van der Waals surface area contributed by atoms with E-state index in [2.05, 4.69) is 44.3 Å². The summed E-state index contributed by atoms with van der Waals surface area (Å²) in [5.41, 5.74) is 1.66. The molecule has 8 heteroatoms. The molecule has 224 valence electrons. The van der Waals surface area contributed by atoms with Gasteiger partial charge in [0.05, 0.1) is 0 Å². The van der Waals surface area contributed by atoms with Crippen LogP contribution in [0.1, 0.15) is 56.9 Å². The van der Waals surface area contributed by atoms with Crippen LogP contribution in [0.4, 0.5) is 16.0 Å². The van der Waals surface area contributed by atoms with Gasteiger partial charge in [-0.15, -0.1) is 0 Å². The Morgan fingerprint density at radius 3 is 1.64 bits per heavy atom. The minimum Gasteiger partial charge on any atom is -0.369 e. The summed E-state index contributed by atoms with van der Waals surface area (Å²) in [6, 6.07) is 22.8. The number of rotatable bonds is 4. The van der Waals surface area contributed by atoms with Crippen LogP contribution in [-0.4, -0.2) is 34.5 Å². The number of aromatic nitrogens is 2. The number of benzene rings is 2. The van der Waals surface area contributed by atoms with Crippen LogP contribution in [0, 0.1) is 34.9 Å². The first kappa shape index (κ1) is 33.2. The van der Waals surface area contributed by atoms with E-state index in [1.165, 1.54) is 19.2 Å². The summed E-state index contributed by atoms with van der Waals surface area (Å²) in [4.78, 5) is 32.1. The fourth-order valence-corrected chi connectivity index (χ4v) is 3.12. The number of halogens is 1. The third kappa shape index (κ3) is 10.8. The van der Waals surface area contributed by atoms with Crippen molar-refractivity contribution in [2.24, 2.45) is 5.41 Å². The predicted molar refractivity (Wildman–Crippen MR) is 171 cm³/mol. The number of anilines is 2. The molecule has 0 aliphatic heterocycles. The van der Waals surface area contributed by atoms with Crippen LogP contribution in [0.5, 0.6) is 0 Å². The van der Waals surface area contributed by atoms with Crippen molar-refractivity contribution in [1.82, 2.24) is 9.97 Å². The van der Waals surface area contributed by atoms with Crippen molar-refractivity contribution in [2.45, 2.75) is 40.2 Å². The van der Waals surface area contributed by atoms with E-state index in [-0.39, 0.29) is 17.6 Å². The standard InChI is InChI=1S/C18H17FN2O.C18H18N2O2/c1-18(2,3)17(22)21-16-10-9-14(12-20-16)8-7-13-5-4-6-15(19)11-13;1-18(2,22-3)17(21)20-16-12-11-15(13-19-16)10-9-14-7-5-4-6-8-14/h4-6,9-12H,1-3H3,(H,20,21,22);4-8,11-13H,1-3H3,(H,19,20,21). The van der Waals surface area contributed by atoms with Crippen LogP contribution >= 0.6 is 0 Å². The molecule has 0 fully saturated rings. The fourth-order valence-electron chi connectivity index (χ4n) is 3.12. The zero-order valence-electron chi connectivity index (χ0n) is 25.7. The molecule has 0 saturated heterocycles. The maximum atomic E-state index is 13.0. The van der Waals surface area contributed by atoms with Crippen molar-refractivity contribution in [3.05, 3.63) is 119 Å². The molecule has 0 unspecified atom stereocenters. The quantitative estimate of drug-likeness (QED) is 0.267. The molecule has 0 bridgehead atoms. The molecule has 2 N–H and O–H groups in total. The first-order chi connectivity index (χ1) is 20.9. The fraction of sp³-hybridized carbons (Fsp3) is 0.222. The molecule has 2 aromatic heterocycles. The van der Waals surface area contributed by atoms with Gasteiger partial charge in [-0.05, 0) is 68.4 Å². The van der Waals surface area contributed by atoms with Gasteiger partial charge in [0.2, 0.25) is 5.91 Å². The Balaban J connectivity index is 0.000000240. The number of pyridine rings is 2. The number of carbonyl (C=O) groups excluding carboxylic acids is 2. The van der Waals surface area contributed by atoms with Crippen LogP contribution in [0.15, 0.2) is 91.3 Å². The molecule has 4 rings (SSSR count). The van der Waals surface area contributed by atoms with Gasteiger partial charge in [0, 0.05) is 47.2 Å². The van der Waals surface area contributed by atoms with Gasteiger partial charge < -0.3 is 15.4 Å². The van der Waals surface area contributed by atoms with Crippen molar-refractivity contribution in [3.8, 4) is 23.7 Å². The summed E-state index contributed by atoms with van der Waals surface area (Å²) in [5.74, 6) is 12.2. The lowest BCUT2D eigenvalue weighted by molar-refractivity contribution is -0.133. The predicted octanol–water partition coefficient (Wildman–Crippen LogP) is 6.45. The summed E-state index contributed by atoms with van der Waals surface area (Å²) in [6.45, 7) is 8.90. The Morgan fingerprint density at radius 1 is 0.659 bits per heavy atom. The maximum Gasteiger partial charge on any atom is 0.257 e. The van der Waals surface area contributed by atoms with Crippen molar-refractivity contribution in [1.29, 1.82) is 0 Å². The minimum absolute atomic E-state index is 0.0985. The number of hydrogen-bond donors (Lipinski definition) is 2. The van der Waals surface area contributed by atoms with E-state index in [1.807, 2.05) is 57.2 Å². The lowest BCUT2D eigenvalue weighted by Gasteiger charge is -2.21. The maximum absolute atomic E-state index is 13.0. The Hall–Kier alpha value is -5.31. The van der Waals surface area contributed by atoms with E-state index in [4.69, 9.17) is 4.74 Å². The highest BCUT2D eigenvalue weighted by Gasteiger charge is 2.27. The summed E-state index contributed by atoms with van der Waals surface area (Å²) in [7, 11) is 1.50. The molecule has 2 heterocycles. The summed E-state index contributed by atoms with van der Waals surface area (Å²) < 4.78 is 18.2. The van der Waals surface area contributed by atoms with Crippen LogP contribution in [0.2, 0.25) is 0 Å². The highest BCUT2D eigenvalue weighted by molar-refractivity contribution is 5.96. The van der Waals surface area contributed by atoms with Gasteiger partial charge in [-0.25, -0.2) is 14.4 Å². The van der Waals surface area contributed by atoms with Gasteiger partial charge in [-0.2, -0.15) is 0 Å². The summed E-state index contributed by atoms with van der Waals surface area (Å²) in [5, 5.41) is 5.45. The number of amides is 2. The number of nitrogens with one attached hydrogen (secondary N) is 2. The Bertz CT molecular complexity index is 1690. The van der Waals surface area contributed by atoms with Crippen molar-refractivity contribution < 1.29 is 18.7 Å². The zero-order valence-corrected chi connectivity index (χ0v) is 25.7. The van der Waals surface area contributed by atoms with Crippen LogP contribution in [0.25, 0.3) is 0 Å². The second-order valence-electron chi connectivity index (χ2n) is 11.1. The SMILES string of the molecule is CC(C)(C)C(=O)Nc1ccc(C#Cc2cccc(F)c2)cn1.COC(C)(C)C(=O)Nc1ccc(C#Cc2ccccc2)cn1. The minimum atomic E-state index is -0.895. The average molecular weight is 591 g/mol. The first-order valence-electron chi connectivity index (χ1n) is 13.8. The zero-order chi connectivity index (χ0) is 32.2. The molecule has 0 atom stereocenters. The molecule has 0 saturated carbocycles. The number of nitrogens with zero attached hydrogens (tertiary/aromatic N) is 2. The Morgan fingerprint density at radius 2 is 1.16 bits per heavy atom. The van der Waals surface area contributed by atoms with Gasteiger partial charge in [0.1, 0.15) is 23.1 Å². The molecule has 0 aliphatic rings. The van der Waals surface area contributed by atoms with E-state index in [0.717, 1.165) is 11.1 Å². The third-order valence-corrected chi connectivity index (χ3v) is 6.05. The second-order valence-corrected chi connectivity index (χ2v) is 11.1. The Labute approximate surface area is 258 Å². The van der Waals surface area contributed by atoms with Crippen molar-refractivity contribution in [2.75, 3.05) is 17.7 Å². The molecule has 2 aromatic carbocycles. The van der Waals surface area contributed by atoms with Gasteiger partial charge in [-0.1, -0.05) is 68.7 Å². The van der Waals surface area contributed by atoms with Gasteiger partial charge in [-0.3, -0.25) is 9.59 Å². The number of hydrogen-bond acceptors (Lipinski definition) is 5. The van der Waals surface area contributed by atoms with Crippen molar-refractivity contribution in [3.63, 3.8) is 0 Å². The monoisotopic (exact) mass is 590 g/mol. The molecular formula is C36H35FN4O3. The van der Waals surface area contributed by atoms with Gasteiger partial charge >= 0.3 is 0 Å². The van der Waals surface area contributed by atoms with E-state index >= 15 is 0 Å². The number of methoxy groups -OCH3 is 1. The van der Waals surface area contributed by atoms with E-state index in [1.54, 1.807) is 56.6 Å². The lowest BCUT2D eigenvalue weighted by atomic mass is 9.96. The molecule has 0 aliphatic carbocycles. The van der Waals surface area contributed by atoms with Gasteiger partial charge in [0.25, 0.3) is 5.91 Å². The first-order valence-corrected chi connectivity index (χ1v) is 13.8. The van der Waals surface area contributed by atoms with Crippen molar-refractivity contribution >= 4 is 23.5 Å². The van der Waals surface area contributed by atoms with E-state index in [9.17, 15) is 14.0 Å². The molecule has 2 amide bonds. The normalized spacial score (nSPS) is 10.5. The Kier molecular flexibility index (Phi) is 11.5. The number of carbonyl (C=O) groups is 2. The molecule has 0 radical (unpaired) electrons. The lowest BCUT2D eigenvalue weighted by Crippen LogP contribution is -2.39. The third-order valence-electron chi connectivity index (χ3n) is 6.05. The summed E-state index contributed by atoms with van der Waals surface area (Å²) >= 11 is 0. The average Bonchev–Trinajstić information content (AvgIpc) is 3.01. The smallest absolute Gasteiger partial charge is 0.257 e. The molecule has 4 aromatic rings. The molecule has 0 spiro atoms. The number of ether oxygens (including phenoxy) is 1. The van der Waals surface area contributed by atoms with E-state index in [0.29, 0.717) is 22.8 Å². The van der Waals surface area contributed by atoms with Crippen LogP contribution < -0.4 is 10.6 Å². The van der Waals surface area contributed by atoms with Crippen LogP contribution in [-0.2, 0) is 14.3 Å². The largest absolute Gasteiger partial charge is 0.369 e. The highest BCUT2D eigenvalue weighted by atomic mass is 19.1. The topological polar surface area (TPSA) is 93.2 Å². The molecule has 7 nitrogen and oxygen atoms in total. The van der Waals surface area contributed by atoms with E-state index < -0.39 is 11.0 Å².